The smallest absolute Gasteiger partial charge is 0.300 e. The molecular formula is C25H19ClFNO3. The van der Waals surface area contributed by atoms with Crippen LogP contribution in [0.25, 0.3) is 5.76 Å². The number of nitrogens with zero attached hydrogens (tertiary/aromatic N) is 1. The van der Waals surface area contributed by atoms with Crippen molar-refractivity contribution >= 4 is 34.7 Å². The molecule has 0 spiro atoms. The summed E-state index contributed by atoms with van der Waals surface area (Å²) < 4.78 is 13.5. The van der Waals surface area contributed by atoms with E-state index in [1.807, 2.05) is 19.1 Å². The molecule has 1 heterocycles. The van der Waals surface area contributed by atoms with Gasteiger partial charge in [-0.15, -0.1) is 0 Å². The number of benzene rings is 3. The second-order valence-corrected chi connectivity index (χ2v) is 7.68. The number of ketones is 1. The molecule has 1 N–H and O–H groups in total. The Kier molecular flexibility index (Phi) is 5.61. The highest BCUT2D eigenvalue weighted by molar-refractivity contribution is 6.51. The normalized spacial score (nSPS) is 17.9. The molecular weight excluding hydrogens is 417 g/mol. The lowest BCUT2D eigenvalue weighted by atomic mass is 9.94. The summed E-state index contributed by atoms with van der Waals surface area (Å²) in [4.78, 5) is 27.3. The number of halogens is 2. The summed E-state index contributed by atoms with van der Waals surface area (Å²) >= 11 is 6.02. The van der Waals surface area contributed by atoms with Crippen LogP contribution in [-0.2, 0) is 16.0 Å². The summed E-state index contributed by atoms with van der Waals surface area (Å²) in [6.07, 6.45) is 0.834. The van der Waals surface area contributed by atoms with Crippen LogP contribution < -0.4 is 4.90 Å². The number of anilines is 1. The highest BCUT2D eigenvalue weighted by Crippen LogP contribution is 2.42. The third-order valence-corrected chi connectivity index (χ3v) is 5.62. The molecule has 0 radical (unpaired) electrons. The van der Waals surface area contributed by atoms with E-state index in [0.29, 0.717) is 21.8 Å². The molecule has 3 aromatic carbocycles. The SMILES string of the molecule is CCc1ccc(/C(O)=C2\C(=O)C(=O)N(c3ccc(F)cc3)C2c2ccc(Cl)cc2)cc1. The Bertz CT molecular complexity index is 1170. The largest absolute Gasteiger partial charge is 0.507 e. The van der Waals surface area contributed by atoms with Gasteiger partial charge in [-0.25, -0.2) is 4.39 Å². The summed E-state index contributed by atoms with van der Waals surface area (Å²) in [5, 5.41) is 11.6. The van der Waals surface area contributed by atoms with E-state index in [1.54, 1.807) is 36.4 Å². The third-order valence-electron chi connectivity index (χ3n) is 5.37. The number of aryl methyl sites for hydroxylation is 1. The van der Waals surface area contributed by atoms with E-state index in [1.165, 1.54) is 29.2 Å². The first-order valence-corrected chi connectivity index (χ1v) is 10.2. The molecule has 1 saturated heterocycles. The number of hydrogen-bond donors (Lipinski definition) is 1. The molecule has 0 aromatic heterocycles. The van der Waals surface area contributed by atoms with Crippen LogP contribution in [-0.4, -0.2) is 16.8 Å². The van der Waals surface area contributed by atoms with E-state index >= 15 is 0 Å². The molecule has 156 valence electrons. The first-order chi connectivity index (χ1) is 14.9. The zero-order valence-corrected chi connectivity index (χ0v) is 17.4. The highest BCUT2D eigenvalue weighted by Gasteiger charge is 2.46. The van der Waals surface area contributed by atoms with Crippen molar-refractivity contribution in [3.63, 3.8) is 0 Å². The molecule has 0 saturated carbocycles. The van der Waals surface area contributed by atoms with Gasteiger partial charge in [-0.1, -0.05) is 54.9 Å². The first-order valence-electron chi connectivity index (χ1n) is 9.82. The van der Waals surface area contributed by atoms with Gasteiger partial charge < -0.3 is 5.11 Å². The predicted molar refractivity (Wildman–Crippen MR) is 118 cm³/mol. The van der Waals surface area contributed by atoms with Gasteiger partial charge in [0.15, 0.2) is 0 Å². The van der Waals surface area contributed by atoms with Crippen LogP contribution in [0.5, 0.6) is 0 Å². The molecule has 0 aliphatic carbocycles. The first kappa shape index (κ1) is 20.8. The van der Waals surface area contributed by atoms with Crippen molar-refractivity contribution in [1.82, 2.24) is 0 Å². The number of rotatable bonds is 4. The Morgan fingerprint density at radius 2 is 1.58 bits per heavy atom. The minimum atomic E-state index is -0.881. The summed E-state index contributed by atoms with van der Waals surface area (Å²) in [7, 11) is 0. The van der Waals surface area contributed by atoms with Crippen LogP contribution in [0.15, 0.2) is 78.4 Å². The maximum Gasteiger partial charge on any atom is 0.300 e. The van der Waals surface area contributed by atoms with E-state index < -0.39 is 23.5 Å². The second-order valence-electron chi connectivity index (χ2n) is 7.25. The minimum Gasteiger partial charge on any atom is -0.507 e. The number of carbonyl (C=O) groups is 2. The van der Waals surface area contributed by atoms with E-state index in [2.05, 4.69) is 0 Å². The lowest BCUT2D eigenvalue weighted by Crippen LogP contribution is -2.29. The fourth-order valence-electron chi connectivity index (χ4n) is 3.71. The van der Waals surface area contributed by atoms with Gasteiger partial charge in [-0.05, 0) is 53.9 Å². The highest BCUT2D eigenvalue weighted by atomic mass is 35.5. The van der Waals surface area contributed by atoms with Gasteiger partial charge in [0, 0.05) is 16.3 Å². The van der Waals surface area contributed by atoms with Gasteiger partial charge in [0.05, 0.1) is 11.6 Å². The predicted octanol–water partition coefficient (Wildman–Crippen LogP) is 5.67. The molecule has 1 fully saturated rings. The monoisotopic (exact) mass is 435 g/mol. The topological polar surface area (TPSA) is 57.6 Å². The number of amides is 1. The molecule has 4 nitrogen and oxygen atoms in total. The Labute approximate surface area is 184 Å². The fraction of sp³-hybridized carbons (Fsp3) is 0.120. The Hall–Kier alpha value is -3.44. The summed E-state index contributed by atoms with van der Waals surface area (Å²) in [5.74, 6) is -2.32. The van der Waals surface area contributed by atoms with Crippen LogP contribution in [0, 0.1) is 5.82 Å². The molecule has 4 rings (SSSR count). The molecule has 1 aliphatic heterocycles. The number of Topliss-reactive ketones (excluding diaryl/α,β-unsaturated/α-hetero) is 1. The van der Waals surface area contributed by atoms with Crippen molar-refractivity contribution in [2.24, 2.45) is 0 Å². The number of hydrogen-bond acceptors (Lipinski definition) is 3. The molecule has 1 unspecified atom stereocenters. The van der Waals surface area contributed by atoms with E-state index in [9.17, 15) is 19.1 Å². The van der Waals surface area contributed by atoms with Crippen molar-refractivity contribution < 1.29 is 19.1 Å². The summed E-state index contributed by atoms with van der Waals surface area (Å²) in [6.45, 7) is 2.02. The lowest BCUT2D eigenvalue weighted by molar-refractivity contribution is -0.132. The molecule has 31 heavy (non-hydrogen) atoms. The van der Waals surface area contributed by atoms with Gasteiger partial charge in [0.25, 0.3) is 11.7 Å². The number of aliphatic hydroxyl groups is 1. The maximum atomic E-state index is 13.5. The summed E-state index contributed by atoms with van der Waals surface area (Å²) in [5.41, 5.74) is 2.44. The third kappa shape index (κ3) is 3.84. The van der Waals surface area contributed by atoms with Gasteiger partial charge in [0.2, 0.25) is 0 Å². The molecule has 3 aromatic rings. The van der Waals surface area contributed by atoms with Gasteiger partial charge >= 0.3 is 0 Å². The number of aliphatic hydroxyl groups excluding tert-OH is 1. The van der Waals surface area contributed by atoms with Crippen LogP contribution in [0.3, 0.4) is 0 Å². The zero-order chi connectivity index (χ0) is 22.1. The Morgan fingerprint density at radius 3 is 2.16 bits per heavy atom. The van der Waals surface area contributed by atoms with Crippen molar-refractivity contribution in [1.29, 1.82) is 0 Å². The van der Waals surface area contributed by atoms with E-state index in [4.69, 9.17) is 11.6 Å². The van der Waals surface area contributed by atoms with E-state index in [-0.39, 0.29) is 11.3 Å². The summed E-state index contributed by atoms with van der Waals surface area (Å²) in [6, 6.07) is 18.3. The van der Waals surface area contributed by atoms with Crippen LogP contribution in [0.4, 0.5) is 10.1 Å². The number of carbonyl (C=O) groups excluding carboxylic acids is 2. The molecule has 1 atom stereocenters. The van der Waals surface area contributed by atoms with E-state index in [0.717, 1.165) is 12.0 Å². The van der Waals surface area contributed by atoms with Crippen LogP contribution in [0.1, 0.15) is 29.7 Å². The average Bonchev–Trinajstić information content (AvgIpc) is 3.05. The van der Waals surface area contributed by atoms with Crippen molar-refractivity contribution in [2.45, 2.75) is 19.4 Å². The Morgan fingerprint density at radius 1 is 0.968 bits per heavy atom. The van der Waals surface area contributed by atoms with Gasteiger partial charge in [-0.3, -0.25) is 14.5 Å². The van der Waals surface area contributed by atoms with Gasteiger partial charge in [0.1, 0.15) is 11.6 Å². The standard InChI is InChI=1S/C25H19ClFNO3/c1-2-15-3-5-17(6-4-15)23(29)21-22(16-7-9-18(26)10-8-16)28(25(31)24(21)30)20-13-11-19(27)12-14-20/h3-14,22,29H,2H2,1H3/b23-21+. The lowest BCUT2D eigenvalue weighted by Gasteiger charge is -2.25. The average molecular weight is 436 g/mol. The fourth-order valence-corrected chi connectivity index (χ4v) is 3.84. The van der Waals surface area contributed by atoms with Crippen molar-refractivity contribution in [3.8, 4) is 0 Å². The zero-order valence-electron chi connectivity index (χ0n) is 16.7. The molecule has 1 amide bonds. The van der Waals surface area contributed by atoms with Crippen molar-refractivity contribution in [2.75, 3.05) is 4.90 Å². The van der Waals surface area contributed by atoms with Crippen LogP contribution >= 0.6 is 11.6 Å². The Balaban J connectivity index is 1.91. The molecule has 1 aliphatic rings. The van der Waals surface area contributed by atoms with Gasteiger partial charge in [-0.2, -0.15) is 0 Å². The molecule has 0 bridgehead atoms. The van der Waals surface area contributed by atoms with Crippen molar-refractivity contribution in [3.05, 3.63) is 106 Å². The van der Waals surface area contributed by atoms with Crippen LogP contribution in [0.2, 0.25) is 5.02 Å². The quantitative estimate of drug-likeness (QED) is 0.326. The second kappa shape index (κ2) is 8.36. The maximum absolute atomic E-state index is 13.5. The molecule has 6 heteroatoms. The minimum absolute atomic E-state index is 0.0269.